The normalized spacial score (nSPS) is 11.8. The van der Waals surface area contributed by atoms with Crippen molar-refractivity contribution in [1.82, 2.24) is 5.43 Å². The van der Waals surface area contributed by atoms with Gasteiger partial charge in [0.05, 0.1) is 5.69 Å². The van der Waals surface area contributed by atoms with Crippen LogP contribution in [0.25, 0.3) is 0 Å². The summed E-state index contributed by atoms with van der Waals surface area (Å²) < 4.78 is 2.04. The van der Waals surface area contributed by atoms with E-state index in [0.717, 1.165) is 30.2 Å². The van der Waals surface area contributed by atoms with Gasteiger partial charge in [-0.15, -0.1) is 0 Å². The van der Waals surface area contributed by atoms with Crippen LogP contribution in [0.2, 0.25) is 0 Å². The van der Waals surface area contributed by atoms with Gasteiger partial charge in [-0.2, -0.15) is 0 Å². The first-order chi connectivity index (χ1) is 14.5. The Morgan fingerprint density at radius 1 is 0.800 bits per heavy atom. The molecule has 0 radical (unpaired) electrons. The highest BCUT2D eigenvalue weighted by molar-refractivity contribution is 5.65. The number of anilines is 4. The molecular formula is C25H34N5+. The molecule has 2 aromatic carbocycles. The highest BCUT2D eigenvalue weighted by Gasteiger charge is 2.10. The fraction of sp³-hybridized carbons (Fsp3) is 0.320. The van der Waals surface area contributed by atoms with Crippen molar-refractivity contribution in [2.45, 2.75) is 26.8 Å². The predicted octanol–water partition coefficient (Wildman–Crippen LogP) is 4.80. The molecule has 0 saturated heterocycles. The van der Waals surface area contributed by atoms with E-state index in [1.165, 1.54) is 11.3 Å². The largest absolute Gasteiger partial charge is 0.372 e. The smallest absolute Gasteiger partial charge is 0.168 e. The minimum absolute atomic E-state index is 0.221. The second-order valence-corrected chi connectivity index (χ2v) is 7.60. The van der Waals surface area contributed by atoms with Gasteiger partial charge in [-0.05, 0) is 74.9 Å². The molecule has 0 spiro atoms. The molecule has 3 rings (SSSR count). The molecule has 1 atom stereocenters. The maximum Gasteiger partial charge on any atom is 0.168 e. The summed E-state index contributed by atoms with van der Waals surface area (Å²) in [5.41, 5.74) is 9.33. The Labute approximate surface area is 180 Å². The van der Waals surface area contributed by atoms with E-state index >= 15 is 0 Å². The van der Waals surface area contributed by atoms with Crippen LogP contribution >= 0.6 is 0 Å². The SMILES string of the molecule is CCN(CC)c1ccc(Nc2ccc(N(C)NC(C)c3cc[n+](C)cc3)cc2)cc1. The highest BCUT2D eigenvalue weighted by atomic mass is 15.5. The van der Waals surface area contributed by atoms with Crippen LogP contribution in [-0.4, -0.2) is 20.1 Å². The summed E-state index contributed by atoms with van der Waals surface area (Å²) >= 11 is 0. The molecule has 0 aliphatic rings. The Balaban J connectivity index is 1.59. The van der Waals surface area contributed by atoms with Crippen LogP contribution in [0.3, 0.4) is 0 Å². The minimum atomic E-state index is 0.221. The lowest BCUT2D eigenvalue weighted by molar-refractivity contribution is -0.671. The molecule has 1 heterocycles. The number of aromatic nitrogens is 1. The third-order valence-electron chi connectivity index (χ3n) is 5.43. The van der Waals surface area contributed by atoms with Gasteiger partial charge < -0.3 is 15.2 Å². The Hall–Kier alpha value is -3.05. The number of nitrogens with one attached hydrogen (secondary N) is 2. The number of benzene rings is 2. The van der Waals surface area contributed by atoms with Gasteiger partial charge in [-0.1, -0.05) is 0 Å². The van der Waals surface area contributed by atoms with Crippen molar-refractivity contribution < 1.29 is 4.57 Å². The van der Waals surface area contributed by atoms with Crippen molar-refractivity contribution in [1.29, 1.82) is 0 Å². The van der Waals surface area contributed by atoms with Gasteiger partial charge in [-0.25, -0.2) is 9.99 Å². The standard InChI is InChI=1S/C25H34N5/c1-6-30(7-2)25-14-10-23(11-15-25)26-22-8-12-24(13-9-22)29(5)27-20(3)21-16-18-28(4)19-17-21/h8-20,26-27H,6-7H2,1-5H3/q+1. The molecule has 5 heteroatoms. The van der Waals surface area contributed by atoms with Crippen LogP contribution in [0.1, 0.15) is 32.4 Å². The van der Waals surface area contributed by atoms with Crippen LogP contribution in [0.15, 0.2) is 73.1 Å². The van der Waals surface area contributed by atoms with E-state index in [0.29, 0.717) is 0 Å². The van der Waals surface area contributed by atoms with E-state index in [-0.39, 0.29) is 6.04 Å². The number of hydrogen-bond donors (Lipinski definition) is 2. The van der Waals surface area contributed by atoms with E-state index in [2.05, 4.69) is 114 Å². The lowest BCUT2D eigenvalue weighted by atomic mass is 10.1. The van der Waals surface area contributed by atoms with Gasteiger partial charge in [0, 0.05) is 55.4 Å². The number of nitrogens with zero attached hydrogens (tertiary/aromatic N) is 3. The van der Waals surface area contributed by atoms with Gasteiger partial charge in [0.25, 0.3) is 0 Å². The second kappa shape index (κ2) is 10.1. The van der Waals surface area contributed by atoms with Gasteiger partial charge in [0.2, 0.25) is 0 Å². The molecule has 2 N–H and O–H groups in total. The molecule has 3 aromatic rings. The molecule has 1 unspecified atom stereocenters. The maximum absolute atomic E-state index is 3.53. The highest BCUT2D eigenvalue weighted by Crippen LogP contribution is 2.23. The second-order valence-electron chi connectivity index (χ2n) is 7.60. The summed E-state index contributed by atoms with van der Waals surface area (Å²) in [5, 5.41) is 5.55. The van der Waals surface area contributed by atoms with Crippen LogP contribution in [0.5, 0.6) is 0 Å². The molecule has 0 bridgehead atoms. The van der Waals surface area contributed by atoms with E-state index in [1.807, 2.05) is 18.7 Å². The third kappa shape index (κ3) is 5.51. The van der Waals surface area contributed by atoms with Crippen molar-refractivity contribution in [2.24, 2.45) is 7.05 Å². The Morgan fingerprint density at radius 2 is 1.30 bits per heavy atom. The van der Waals surface area contributed by atoms with Gasteiger partial charge in [0.15, 0.2) is 12.4 Å². The zero-order chi connectivity index (χ0) is 21.5. The summed E-state index contributed by atoms with van der Waals surface area (Å²) in [4.78, 5) is 2.35. The molecule has 0 amide bonds. The number of rotatable bonds is 9. The van der Waals surface area contributed by atoms with Crippen molar-refractivity contribution in [3.8, 4) is 0 Å². The monoisotopic (exact) mass is 404 g/mol. The zero-order valence-electron chi connectivity index (χ0n) is 18.8. The zero-order valence-corrected chi connectivity index (χ0v) is 18.8. The first-order valence-electron chi connectivity index (χ1n) is 10.7. The van der Waals surface area contributed by atoms with Gasteiger partial charge in [-0.3, -0.25) is 0 Å². The molecule has 0 aliphatic heterocycles. The predicted molar refractivity (Wildman–Crippen MR) is 127 cm³/mol. The topological polar surface area (TPSA) is 34.4 Å². The molecule has 0 aliphatic carbocycles. The summed E-state index contributed by atoms with van der Waals surface area (Å²) in [5.74, 6) is 0. The molecule has 158 valence electrons. The van der Waals surface area contributed by atoms with Gasteiger partial charge >= 0.3 is 0 Å². The number of pyridine rings is 1. The van der Waals surface area contributed by atoms with E-state index in [9.17, 15) is 0 Å². The van der Waals surface area contributed by atoms with E-state index in [4.69, 9.17) is 0 Å². The first-order valence-corrected chi connectivity index (χ1v) is 10.7. The van der Waals surface area contributed by atoms with E-state index in [1.54, 1.807) is 0 Å². The lowest BCUT2D eigenvalue weighted by Crippen LogP contribution is -2.36. The quantitative estimate of drug-likeness (QED) is 0.396. The average Bonchev–Trinajstić information content (AvgIpc) is 2.76. The van der Waals surface area contributed by atoms with Crippen molar-refractivity contribution in [3.05, 3.63) is 78.6 Å². The fourth-order valence-corrected chi connectivity index (χ4v) is 3.52. The third-order valence-corrected chi connectivity index (χ3v) is 5.43. The lowest BCUT2D eigenvalue weighted by Gasteiger charge is -2.25. The van der Waals surface area contributed by atoms with Gasteiger partial charge in [0.1, 0.15) is 7.05 Å². The van der Waals surface area contributed by atoms with Crippen molar-refractivity contribution >= 4 is 22.7 Å². The Kier molecular flexibility index (Phi) is 7.31. The number of aryl methyl sites for hydroxylation is 1. The maximum atomic E-state index is 3.53. The summed E-state index contributed by atoms with van der Waals surface area (Å²) in [6, 6.07) is 21.6. The fourth-order valence-electron chi connectivity index (χ4n) is 3.52. The number of hydrogen-bond acceptors (Lipinski definition) is 4. The average molecular weight is 405 g/mol. The molecule has 30 heavy (non-hydrogen) atoms. The molecule has 0 saturated carbocycles. The summed E-state index contributed by atoms with van der Waals surface area (Å²) in [6.07, 6.45) is 4.14. The molecule has 1 aromatic heterocycles. The minimum Gasteiger partial charge on any atom is -0.372 e. The molecule has 5 nitrogen and oxygen atoms in total. The van der Waals surface area contributed by atoms with Crippen LogP contribution in [0.4, 0.5) is 22.7 Å². The van der Waals surface area contributed by atoms with Crippen molar-refractivity contribution in [3.63, 3.8) is 0 Å². The summed E-state index contributed by atoms with van der Waals surface area (Å²) in [7, 11) is 4.08. The van der Waals surface area contributed by atoms with Crippen LogP contribution in [0, 0.1) is 0 Å². The first kappa shape index (κ1) is 21.7. The van der Waals surface area contributed by atoms with Crippen LogP contribution < -0.4 is 25.2 Å². The van der Waals surface area contributed by atoms with Crippen LogP contribution in [-0.2, 0) is 7.05 Å². The number of hydrazine groups is 1. The Bertz CT molecular complexity index is 900. The van der Waals surface area contributed by atoms with E-state index < -0.39 is 0 Å². The van der Waals surface area contributed by atoms with Crippen molar-refractivity contribution in [2.75, 3.05) is 35.4 Å². The molecule has 0 fully saturated rings. The Morgan fingerprint density at radius 3 is 1.80 bits per heavy atom. The molecular weight excluding hydrogens is 370 g/mol. The summed E-state index contributed by atoms with van der Waals surface area (Å²) in [6.45, 7) is 8.58.